The lowest BCUT2D eigenvalue weighted by Gasteiger charge is -2.13. The van der Waals surface area contributed by atoms with Gasteiger partial charge in [0.05, 0.1) is 11.4 Å². The van der Waals surface area contributed by atoms with E-state index >= 15 is 0 Å². The Balaban J connectivity index is 2.37. The molecule has 0 fully saturated rings. The summed E-state index contributed by atoms with van der Waals surface area (Å²) >= 11 is 0. The molecule has 1 amide bonds. The van der Waals surface area contributed by atoms with E-state index in [9.17, 15) is 10.1 Å². The number of benzene rings is 2. The molecule has 0 aromatic heterocycles. The summed E-state index contributed by atoms with van der Waals surface area (Å²) in [5.74, 6) is -0.309. The molecule has 0 saturated heterocycles. The van der Waals surface area contributed by atoms with Crippen LogP contribution in [0.4, 0.5) is 11.4 Å². The molecular formula is C19H13N5O. The molecule has 0 aliphatic heterocycles. The van der Waals surface area contributed by atoms with Gasteiger partial charge in [-0.1, -0.05) is 24.3 Å². The molecule has 0 atom stereocenters. The Morgan fingerprint density at radius 3 is 2.16 bits per heavy atom. The van der Waals surface area contributed by atoms with Gasteiger partial charge in [-0.05, 0) is 36.8 Å². The summed E-state index contributed by atoms with van der Waals surface area (Å²) < 4.78 is 0. The Hall–Kier alpha value is -4.08. The number of carbonyl (C=O) groups excluding carboxylic acids is 1. The topological polar surface area (TPSA) is 112 Å². The van der Waals surface area contributed by atoms with E-state index in [4.69, 9.17) is 10.5 Å². The van der Waals surface area contributed by atoms with Crippen molar-refractivity contribution in [2.45, 2.75) is 6.92 Å². The summed E-state index contributed by atoms with van der Waals surface area (Å²) in [5, 5.41) is 32.6. The molecule has 0 spiro atoms. The first-order valence-corrected chi connectivity index (χ1v) is 7.27. The van der Waals surface area contributed by atoms with Gasteiger partial charge in [0.25, 0.3) is 5.91 Å². The molecule has 0 saturated carbocycles. The molecule has 6 heteroatoms. The van der Waals surface area contributed by atoms with Crippen molar-refractivity contribution in [1.29, 1.82) is 15.8 Å². The quantitative estimate of drug-likeness (QED) is 0.835. The van der Waals surface area contributed by atoms with Crippen molar-refractivity contribution in [2.24, 2.45) is 0 Å². The van der Waals surface area contributed by atoms with E-state index in [1.54, 1.807) is 60.7 Å². The molecule has 0 unspecified atom stereocenters. The summed E-state index contributed by atoms with van der Waals surface area (Å²) in [4.78, 5) is 12.3. The monoisotopic (exact) mass is 327 g/mol. The molecule has 120 valence electrons. The van der Waals surface area contributed by atoms with Crippen LogP contribution in [0.1, 0.15) is 15.9 Å². The molecule has 0 radical (unpaired) electrons. The third-order valence-corrected chi connectivity index (χ3v) is 3.30. The molecule has 0 bridgehead atoms. The Bertz CT molecular complexity index is 940. The average Bonchev–Trinajstić information content (AvgIpc) is 2.64. The van der Waals surface area contributed by atoms with Crippen molar-refractivity contribution < 1.29 is 4.79 Å². The van der Waals surface area contributed by atoms with Crippen molar-refractivity contribution in [3.63, 3.8) is 0 Å². The number of aryl methyl sites for hydroxylation is 1. The number of carbonyl (C=O) groups is 1. The second kappa shape index (κ2) is 7.97. The standard InChI is InChI=1S/C19H13N5O/c1-13-7-8-16(24-19(25)14-5-3-2-4-6-14)17(9-13)23-18(12-22)15(10-20)11-21/h2-9,23H,1H3,(H,24,25). The highest BCUT2D eigenvalue weighted by Crippen LogP contribution is 2.25. The number of anilines is 2. The van der Waals surface area contributed by atoms with Crippen molar-refractivity contribution in [2.75, 3.05) is 10.6 Å². The van der Waals surface area contributed by atoms with Crippen LogP contribution in [0.5, 0.6) is 0 Å². The summed E-state index contributed by atoms with van der Waals surface area (Å²) in [6, 6.07) is 19.0. The van der Waals surface area contributed by atoms with Crippen LogP contribution < -0.4 is 10.6 Å². The van der Waals surface area contributed by atoms with E-state index in [1.807, 2.05) is 13.0 Å². The van der Waals surface area contributed by atoms with Crippen LogP contribution in [0.15, 0.2) is 59.8 Å². The van der Waals surface area contributed by atoms with Crippen molar-refractivity contribution >= 4 is 17.3 Å². The molecule has 2 N–H and O–H groups in total. The zero-order chi connectivity index (χ0) is 18.2. The normalized spacial score (nSPS) is 9.04. The number of nitrogens with zero attached hydrogens (tertiary/aromatic N) is 3. The predicted octanol–water partition coefficient (Wildman–Crippen LogP) is 3.48. The lowest BCUT2D eigenvalue weighted by Crippen LogP contribution is -2.14. The second-order valence-electron chi connectivity index (χ2n) is 5.08. The smallest absolute Gasteiger partial charge is 0.255 e. The zero-order valence-electron chi connectivity index (χ0n) is 13.4. The van der Waals surface area contributed by atoms with Gasteiger partial charge in [0.1, 0.15) is 23.9 Å². The second-order valence-corrected chi connectivity index (χ2v) is 5.08. The van der Waals surface area contributed by atoms with Gasteiger partial charge in [-0.3, -0.25) is 4.79 Å². The van der Waals surface area contributed by atoms with Gasteiger partial charge in [-0.25, -0.2) is 0 Å². The Morgan fingerprint density at radius 1 is 0.880 bits per heavy atom. The minimum atomic E-state index is -0.329. The average molecular weight is 327 g/mol. The van der Waals surface area contributed by atoms with Crippen LogP contribution >= 0.6 is 0 Å². The predicted molar refractivity (Wildman–Crippen MR) is 93.1 cm³/mol. The maximum Gasteiger partial charge on any atom is 0.255 e. The number of hydrogen-bond acceptors (Lipinski definition) is 5. The molecule has 25 heavy (non-hydrogen) atoms. The first-order chi connectivity index (χ1) is 12.1. The fourth-order valence-corrected chi connectivity index (χ4v) is 2.07. The number of amides is 1. The Kier molecular flexibility index (Phi) is 5.50. The summed E-state index contributed by atoms with van der Waals surface area (Å²) in [7, 11) is 0. The number of rotatable bonds is 4. The van der Waals surface area contributed by atoms with E-state index in [1.165, 1.54) is 0 Å². The largest absolute Gasteiger partial charge is 0.343 e. The van der Waals surface area contributed by atoms with Crippen LogP contribution in [0, 0.1) is 40.9 Å². The number of allylic oxidation sites excluding steroid dienone is 2. The molecule has 0 aliphatic rings. The lowest BCUT2D eigenvalue weighted by molar-refractivity contribution is 0.102. The maximum atomic E-state index is 12.3. The van der Waals surface area contributed by atoms with Gasteiger partial charge in [0.15, 0.2) is 5.57 Å². The highest BCUT2D eigenvalue weighted by Gasteiger charge is 2.12. The molecule has 0 heterocycles. The van der Waals surface area contributed by atoms with E-state index in [0.717, 1.165) is 5.56 Å². The van der Waals surface area contributed by atoms with E-state index in [2.05, 4.69) is 10.6 Å². The Morgan fingerprint density at radius 2 is 1.56 bits per heavy atom. The fraction of sp³-hybridized carbons (Fsp3) is 0.0526. The number of hydrogen-bond donors (Lipinski definition) is 2. The molecule has 2 aromatic carbocycles. The van der Waals surface area contributed by atoms with Gasteiger partial charge in [0, 0.05) is 5.56 Å². The van der Waals surface area contributed by atoms with Crippen molar-refractivity contribution in [3.05, 3.63) is 70.9 Å². The van der Waals surface area contributed by atoms with Gasteiger partial charge >= 0.3 is 0 Å². The molecule has 2 aromatic rings. The number of nitriles is 3. The van der Waals surface area contributed by atoms with E-state index in [-0.39, 0.29) is 17.2 Å². The van der Waals surface area contributed by atoms with Crippen LogP contribution in [0.3, 0.4) is 0 Å². The molecule has 6 nitrogen and oxygen atoms in total. The van der Waals surface area contributed by atoms with Crippen LogP contribution in [-0.4, -0.2) is 5.91 Å². The van der Waals surface area contributed by atoms with Gasteiger partial charge < -0.3 is 10.6 Å². The summed E-state index contributed by atoms with van der Waals surface area (Å²) in [6.07, 6.45) is 0. The third-order valence-electron chi connectivity index (χ3n) is 3.30. The first kappa shape index (κ1) is 17.3. The van der Waals surface area contributed by atoms with Crippen molar-refractivity contribution in [1.82, 2.24) is 0 Å². The SMILES string of the molecule is Cc1ccc(NC(=O)c2ccccc2)c(NC(C#N)=C(C#N)C#N)c1. The Labute approximate surface area is 145 Å². The molecule has 0 aliphatic carbocycles. The van der Waals surface area contributed by atoms with E-state index < -0.39 is 0 Å². The lowest BCUT2D eigenvalue weighted by atomic mass is 10.1. The van der Waals surface area contributed by atoms with Gasteiger partial charge in [-0.15, -0.1) is 0 Å². The minimum absolute atomic E-state index is 0.175. The minimum Gasteiger partial charge on any atom is -0.343 e. The third kappa shape index (κ3) is 4.22. The summed E-state index contributed by atoms with van der Waals surface area (Å²) in [5.41, 5.74) is 1.72. The highest BCUT2D eigenvalue weighted by molar-refractivity contribution is 6.06. The van der Waals surface area contributed by atoms with Crippen LogP contribution in [0.25, 0.3) is 0 Å². The van der Waals surface area contributed by atoms with Crippen molar-refractivity contribution in [3.8, 4) is 18.2 Å². The fourth-order valence-electron chi connectivity index (χ4n) is 2.07. The first-order valence-electron chi connectivity index (χ1n) is 7.27. The van der Waals surface area contributed by atoms with Gasteiger partial charge in [-0.2, -0.15) is 15.8 Å². The van der Waals surface area contributed by atoms with Gasteiger partial charge in [0.2, 0.25) is 0 Å². The highest BCUT2D eigenvalue weighted by atomic mass is 16.1. The molecule has 2 rings (SSSR count). The zero-order valence-corrected chi connectivity index (χ0v) is 13.4. The summed E-state index contributed by atoms with van der Waals surface area (Å²) in [6.45, 7) is 1.85. The van der Waals surface area contributed by atoms with Crippen LogP contribution in [0.2, 0.25) is 0 Å². The van der Waals surface area contributed by atoms with Crippen LogP contribution in [-0.2, 0) is 0 Å². The van der Waals surface area contributed by atoms with E-state index in [0.29, 0.717) is 16.9 Å². The maximum absolute atomic E-state index is 12.3. The number of nitrogens with one attached hydrogen (secondary N) is 2. The molecular weight excluding hydrogens is 314 g/mol.